The molecule has 3 nitrogen and oxygen atoms in total. The zero-order valence-corrected chi connectivity index (χ0v) is 20.8. The van der Waals surface area contributed by atoms with Crippen LogP contribution < -0.4 is 4.72 Å². The Bertz CT molecular complexity index is 1220. The van der Waals surface area contributed by atoms with E-state index in [1.54, 1.807) is 25.3 Å². The maximum absolute atomic E-state index is 14.2. The molecule has 0 spiro atoms. The molecule has 0 aliphatic heterocycles. The summed E-state index contributed by atoms with van der Waals surface area (Å²) in [6.07, 6.45) is -7.98. The highest BCUT2D eigenvalue weighted by Gasteiger charge is 2.44. The summed E-state index contributed by atoms with van der Waals surface area (Å²) in [5.41, 5.74) is -0.380. The standard InChI is InChI=1S/C25H28F6N2OS/c1-15(2)13-33-14-19(22(25(29,30)31)32-35(34)23(3,4)5)18-11-10-16(12-21(18)33)17-8-6-7-9-20(17)24(26,27)28/h6-12,14-15,22,32H,13H2,1-5H3/t22-,35-/m1/s1. The van der Waals surface area contributed by atoms with Crippen molar-refractivity contribution >= 4 is 21.9 Å². The average Bonchev–Trinajstić information content (AvgIpc) is 3.06. The van der Waals surface area contributed by atoms with E-state index >= 15 is 0 Å². The summed E-state index contributed by atoms with van der Waals surface area (Å²) in [4.78, 5) is 0. The van der Waals surface area contributed by atoms with Gasteiger partial charge in [0.05, 0.1) is 21.3 Å². The van der Waals surface area contributed by atoms with Crippen molar-refractivity contribution in [1.82, 2.24) is 9.29 Å². The molecular weight excluding hydrogens is 490 g/mol. The van der Waals surface area contributed by atoms with Gasteiger partial charge in [-0.1, -0.05) is 44.2 Å². The minimum Gasteiger partial charge on any atom is -0.347 e. The minimum atomic E-state index is -4.75. The van der Waals surface area contributed by atoms with Gasteiger partial charge in [0, 0.05) is 29.2 Å². The highest BCUT2D eigenvalue weighted by atomic mass is 32.2. The van der Waals surface area contributed by atoms with E-state index in [-0.39, 0.29) is 28.0 Å². The van der Waals surface area contributed by atoms with Crippen LogP contribution in [-0.2, 0) is 23.7 Å². The predicted octanol–water partition coefficient (Wildman–Crippen LogP) is 7.64. The summed E-state index contributed by atoms with van der Waals surface area (Å²) in [6, 6.07) is 7.16. The van der Waals surface area contributed by atoms with E-state index < -0.39 is 39.7 Å². The van der Waals surface area contributed by atoms with Crippen LogP contribution >= 0.6 is 0 Å². The zero-order chi connectivity index (χ0) is 26.3. The molecule has 35 heavy (non-hydrogen) atoms. The lowest BCUT2D eigenvalue weighted by atomic mass is 9.97. The van der Waals surface area contributed by atoms with E-state index in [0.29, 0.717) is 12.1 Å². The second-order valence-corrected chi connectivity index (χ2v) is 11.9. The van der Waals surface area contributed by atoms with E-state index in [1.165, 1.54) is 42.6 Å². The fraction of sp³-hybridized carbons (Fsp3) is 0.440. The number of hydrogen-bond donors (Lipinski definition) is 1. The summed E-state index contributed by atoms with van der Waals surface area (Å²) in [5, 5.41) is 0.236. The third kappa shape index (κ3) is 6.09. The normalized spacial score (nSPS) is 15.1. The largest absolute Gasteiger partial charge is 0.417 e. The number of halogens is 6. The molecule has 192 valence electrons. The lowest BCUT2D eigenvalue weighted by Gasteiger charge is -2.26. The van der Waals surface area contributed by atoms with Crippen molar-refractivity contribution in [3.05, 3.63) is 59.8 Å². The van der Waals surface area contributed by atoms with Crippen LogP contribution in [0.15, 0.2) is 48.7 Å². The van der Waals surface area contributed by atoms with Crippen molar-refractivity contribution in [2.75, 3.05) is 0 Å². The van der Waals surface area contributed by atoms with E-state index in [2.05, 4.69) is 4.72 Å². The predicted molar refractivity (Wildman–Crippen MR) is 127 cm³/mol. The first-order valence-corrected chi connectivity index (χ1v) is 12.2. The maximum atomic E-state index is 14.2. The average molecular weight is 519 g/mol. The Kier molecular flexibility index (Phi) is 7.49. The van der Waals surface area contributed by atoms with Gasteiger partial charge in [0.15, 0.2) is 0 Å². The van der Waals surface area contributed by atoms with Gasteiger partial charge in [-0.25, -0.2) is 8.93 Å². The van der Waals surface area contributed by atoms with Crippen LogP contribution in [0, 0.1) is 5.92 Å². The summed E-state index contributed by atoms with van der Waals surface area (Å²) in [6.45, 7) is 8.83. The third-order valence-corrected chi connectivity index (χ3v) is 7.00. The molecule has 0 aliphatic rings. The quantitative estimate of drug-likeness (QED) is 0.334. The molecule has 1 heterocycles. The Balaban J connectivity index is 2.23. The van der Waals surface area contributed by atoms with Crippen LogP contribution in [0.1, 0.15) is 51.8 Å². The molecule has 2 atom stereocenters. The lowest BCUT2D eigenvalue weighted by molar-refractivity contribution is -0.152. The van der Waals surface area contributed by atoms with Crippen LogP contribution in [0.3, 0.4) is 0 Å². The van der Waals surface area contributed by atoms with Gasteiger partial charge in [-0.3, -0.25) is 0 Å². The second kappa shape index (κ2) is 9.61. The Hall–Kier alpha value is -2.33. The van der Waals surface area contributed by atoms with E-state index in [1.807, 2.05) is 13.8 Å². The molecule has 3 aromatic rings. The summed E-state index contributed by atoms with van der Waals surface area (Å²) >= 11 is 0. The molecule has 0 saturated heterocycles. The fourth-order valence-electron chi connectivity index (χ4n) is 3.83. The van der Waals surface area contributed by atoms with Crippen molar-refractivity contribution in [2.24, 2.45) is 5.92 Å². The minimum absolute atomic E-state index is 0.0555. The van der Waals surface area contributed by atoms with Gasteiger partial charge >= 0.3 is 12.4 Å². The molecule has 0 bridgehead atoms. The highest BCUT2D eigenvalue weighted by Crippen LogP contribution is 2.41. The van der Waals surface area contributed by atoms with Crippen molar-refractivity contribution < 1.29 is 30.6 Å². The van der Waals surface area contributed by atoms with Gasteiger partial charge in [-0.05, 0) is 49.9 Å². The van der Waals surface area contributed by atoms with E-state index in [4.69, 9.17) is 0 Å². The van der Waals surface area contributed by atoms with Crippen LogP contribution in [0.25, 0.3) is 22.0 Å². The first-order valence-electron chi connectivity index (χ1n) is 11.0. The van der Waals surface area contributed by atoms with E-state index in [9.17, 15) is 30.6 Å². The molecule has 0 radical (unpaired) electrons. The maximum Gasteiger partial charge on any atom is 0.417 e. The SMILES string of the molecule is CC(C)Cn1cc([C@@H](N[S@](=O)C(C)(C)C)C(F)(F)F)c2ccc(-c3ccccc3C(F)(F)F)cc21. The molecule has 1 aromatic heterocycles. The number of alkyl halides is 6. The van der Waals surface area contributed by atoms with Crippen molar-refractivity contribution in [2.45, 2.75) is 64.3 Å². The summed E-state index contributed by atoms with van der Waals surface area (Å²) < 4.78 is 98.7. The second-order valence-electron chi connectivity index (χ2n) is 9.88. The highest BCUT2D eigenvalue weighted by molar-refractivity contribution is 7.84. The van der Waals surface area contributed by atoms with Gasteiger partial charge in [0.2, 0.25) is 0 Å². The third-order valence-electron chi connectivity index (χ3n) is 5.44. The lowest BCUT2D eigenvalue weighted by Crippen LogP contribution is -2.41. The zero-order valence-electron chi connectivity index (χ0n) is 20.0. The van der Waals surface area contributed by atoms with Crippen LogP contribution in [0.2, 0.25) is 0 Å². The number of nitrogens with zero attached hydrogens (tertiary/aromatic N) is 1. The Labute approximate surface area is 203 Å². The van der Waals surface area contributed by atoms with Crippen LogP contribution in [0.5, 0.6) is 0 Å². The van der Waals surface area contributed by atoms with Gasteiger partial charge in [-0.15, -0.1) is 0 Å². The van der Waals surface area contributed by atoms with Gasteiger partial charge in [0.25, 0.3) is 0 Å². The molecular formula is C25H28F6N2OS. The number of benzene rings is 2. The van der Waals surface area contributed by atoms with Gasteiger partial charge < -0.3 is 4.57 Å². The molecule has 0 aliphatic carbocycles. The molecule has 0 amide bonds. The first-order chi connectivity index (χ1) is 16.0. The molecule has 1 N–H and O–H groups in total. The number of rotatable bonds is 6. The number of aromatic nitrogens is 1. The van der Waals surface area contributed by atoms with Gasteiger partial charge in [-0.2, -0.15) is 26.3 Å². The first kappa shape index (κ1) is 27.3. The van der Waals surface area contributed by atoms with Crippen LogP contribution in [0.4, 0.5) is 26.3 Å². The monoisotopic (exact) mass is 518 g/mol. The molecule has 10 heteroatoms. The Morgan fingerprint density at radius 2 is 1.60 bits per heavy atom. The van der Waals surface area contributed by atoms with E-state index in [0.717, 1.165) is 6.07 Å². The smallest absolute Gasteiger partial charge is 0.347 e. The topological polar surface area (TPSA) is 34.0 Å². The van der Waals surface area contributed by atoms with Crippen molar-refractivity contribution in [3.63, 3.8) is 0 Å². The number of fused-ring (bicyclic) bond motifs is 1. The number of nitrogens with one attached hydrogen (secondary N) is 1. The summed E-state index contributed by atoms with van der Waals surface area (Å²) in [5.74, 6) is 0.0607. The van der Waals surface area contributed by atoms with Crippen molar-refractivity contribution in [3.8, 4) is 11.1 Å². The molecule has 0 saturated carbocycles. The van der Waals surface area contributed by atoms with Crippen molar-refractivity contribution in [1.29, 1.82) is 0 Å². The Morgan fingerprint density at radius 1 is 0.971 bits per heavy atom. The molecule has 0 fully saturated rings. The molecule has 3 rings (SSSR count). The fourth-order valence-corrected chi connectivity index (χ4v) is 4.66. The van der Waals surface area contributed by atoms with Crippen LogP contribution in [-0.4, -0.2) is 19.7 Å². The van der Waals surface area contributed by atoms with Gasteiger partial charge in [0.1, 0.15) is 6.04 Å². The Morgan fingerprint density at radius 3 is 2.14 bits per heavy atom. The molecule has 0 unspecified atom stereocenters. The molecule has 2 aromatic carbocycles. The summed E-state index contributed by atoms with van der Waals surface area (Å²) in [7, 11) is -2.01. The number of hydrogen-bond acceptors (Lipinski definition) is 1.